The number of benzene rings is 3. The van der Waals surface area contributed by atoms with E-state index in [-0.39, 0.29) is 5.41 Å². The number of hydrogen-bond donors (Lipinski definition) is 0. The fraction of sp³-hybridized carbons (Fsp3) is 0.308. The van der Waals surface area contributed by atoms with Gasteiger partial charge in [0.2, 0.25) is 0 Å². The Labute approximate surface area is 178 Å². The van der Waals surface area contributed by atoms with Crippen molar-refractivity contribution in [2.45, 2.75) is 53.9 Å². The predicted molar refractivity (Wildman–Crippen MR) is 128 cm³/mol. The van der Waals surface area contributed by atoms with Crippen molar-refractivity contribution in [3.05, 3.63) is 79.9 Å². The Balaban J connectivity index is 2.43. The minimum absolute atomic E-state index is 0.0982. The second-order valence-electron chi connectivity index (χ2n) is 8.67. The van der Waals surface area contributed by atoms with Crippen LogP contribution in [0.1, 0.15) is 48.6 Å². The van der Waals surface area contributed by atoms with Crippen molar-refractivity contribution in [3.63, 3.8) is 0 Å². The Bertz CT molecular complexity index is 890. The molecule has 0 aliphatic carbocycles. The molecule has 0 radical (unpaired) electrons. The number of rotatable bonds is 2. The maximum Gasteiger partial charge on any atom is 0.0287 e. The van der Waals surface area contributed by atoms with Crippen molar-refractivity contribution in [2.24, 2.45) is 0 Å². The summed E-state index contributed by atoms with van der Waals surface area (Å²) in [4.78, 5) is 0. The molecule has 0 aliphatic rings. The molecule has 0 N–H and O–H groups in total. The first-order valence-electron chi connectivity index (χ1n) is 9.58. The quantitative estimate of drug-likeness (QED) is 0.333. The van der Waals surface area contributed by atoms with Gasteiger partial charge in [0.25, 0.3) is 0 Å². The largest absolute Gasteiger partial charge is 0.0617 e. The second kappa shape index (κ2) is 7.43. The highest BCUT2D eigenvalue weighted by Gasteiger charge is 2.22. The Morgan fingerprint density at radius 2 is 0.963 bits per heavy atom. The van der Waals surface area contributed by atoms with Gasteiger partial charge in [-0.15, -0.1) is 0 Å². The third kappa shape index (κ3) is 3.85. The van der Waals surface area contributed by atoms with E-state index in [0.29, 0.717) is 0 Å². The zero-order valence-corrected chi connectivity index (χ0v) is 19.7. The average Bonchev–Trinajstić information content (AvgIpc) is 2.56. The summed E-state index contributed by atoms with van der Waals surface area (Å²) >= 11 is 2.56. The van der Waals surface area contributed by atoms with Gasteiger partial charge in [0, 0.05) is 3.57 Å². The molecule has 0 spiro atoms. The lowest BCUT2D eigenvalue weighted by atomic mass is 9.81. The van der Waals surface area contributed by atoms with E-state index in [9.17, 15) is 0 Å². The monoisotopic (exact) mass is 468 g/mol. The molecule has 0 amide bonds. The topological polar surface area (TPSA) is 0 Å². The fourth-order valence-electron chi connectivity index (χ4n) is 3.90. The molecule has 140 valence electrons. The number of hydrogen-bond acceptors (Lipinski definition) is 0. The van der Waals surface area contributed by atoms with Crippen molar-refractivity contribution >= 4 is 22.6 Å². The van der Waals surface area contributed by atoms with Crippen LogP contribution in [0, 0.1) is 31.3 Å². The van der Waals surface area contributed by atoms with Crippen LogP contribution in [0.15, 0.2) is 48.5 Å². The zero-order valence-electron chi connectivity index (χ0n) is 17.5. The van der Waals surface area contributed by atoms with E-state index >= 15 is 0 Å². The molecule has 0 bridgehead atoms. The standard InChI is InChI=1S/C26H29I/c1-16-10-8-11-17(2)23(16)21-14-20(26(5,6)7)15-22(25(21)27)24-18(3)12-9-13-19(24)4/h8-15H,1-7H3. The van der Waals surface area contributed by atoms with Gasteiger partial charge in [-0.05, 0) is 118 Å². The average molecular weight is 468 g/mol. The summed E-state index contributed by atoms with van der Waals surface area (Å²) in [7, 11) is 0. The molecule has 0 aromatic heterocycles. The lowest BCUT2D eigenvalue weighted by Gasteiger charge is -2.25. The molecular formula is C26H29I. The normalized spacial score (nSPS) is 11.7. The summed E-state index contributed by atoms with van der Waals surface area (Å²) in [6.07, 6.45) is 0. The van der Waals surface area contributed by atoms with Crippen LogP contribution in [-0.4, -0.2) is 0 Å². The molecule has 0 heterocycles. The predicted octanol–water partition coefficient (Wildman–Crippen LogP) is 8.16. The molecule has 0 unspecified atom stereocenters. The molecule has 0 aliphatic heterocycles. The first kappa shape index (κ1) is 20.1. The Morgan fingerprint density at radius 1 is 0.630 bits per heavy atom. The molecule has 0 saturated heterocycles. The Kier molecular flexibility index (Phi) is 5.54. The molecular weight excluding hydrogens is 439 g/mol. The summed E-state index contributed by atoms with van der Waals surface area (Å²) in [6.45, 7) is 15.8. The molecule has 1 heteroatoms. The van der Waals surface area contributed by atoms with Crippen LogP contribution in [0.5, 0.6) is 0 Å². The van der Waals surface area contributed by atoms with Gasteiger partial charge < -0.3 is 0 Å². The van der Waals surface area contributed by atoms with Crippen molar-refractivity contribution < 1.29 is 0 Å². The third-order valence-electron chi connectivity index (χ3n) is 5.44. The van der Waals surface area contributed by atoms with E-state index in [1.807, 2.05) is 0 Å². The van der Waals surface area contributed by atoms with Crippen molar-refractivity contribution in [1.82, 2.24) is 0 Å². The first-order chi connectivity index (χ1) is 12.6. The molecule has 0 saturated carbocycles. The maximum atomic E-state index is 2.56. The van der Waals surface area contributed by atoms with Crippen molar-refractivity contribution in [1.29, 1.82) is 0 Å². The number of halogens is 1. The van der Waals surface area contributed by atoms with Gasteiger partial charge in [0.1, 0.15) is 0 Å². The van der Waals surface area contributed by atoms with Crippen LogP contribution in [0.3, 0.4) is 0 Å². The van der Waals surface area contributed by atoms with Crippen LogP contribution >= 0.6 is 22.6 Å². The maximum absolute atomic E-state index is 2.56. The van der Waals surface area contributed by atoms with E-state index in [1.165, 1.54) is 53.6 Å². The molecule has 3 aromatic rings. The molecule has 0 nitrogen and oxygen atoms in total. The summed E-state index contributed by atoms with van der Waals surface area (Å²) in [5.41, 5.74) is 12.3. The van der Waals surface area contributed by atoms with Gasteiger partial charge in [-0.1, -0.05) is 57.2 Å². The molecule has 0 fully saturated rings. The lowest BCUT2D eigenvalue weighted by molar-refractivity contribution is 0.590. The van der Waals surface area contributed by atoms with Gasteiger partial charge in [0.05, 0.1) is 0 Å². The van der Waals surface area contributed by atoms with Crippen molar-refractivity contribution in [2.75, 3.05) is 0 Å². The Hall–Kier alpha value is -1.61. The van der Waals surface area contributed by atoms with Crippen LogP contribution < -0.4 is 0 Å². The van der Waals surface area contributed by atoms with Crippen LogP contribution in [0.4, 0.5) is 0 Å². The van der Waals surface area contributed by atoms with Crippen LogP contribution in [0.25, 0.3) is 22.3 Å². The van der Waals surface area contributed by atoms with E-state index < -0.39 is 0 Å². The minimum Gasteiger partial charge on any atom is -0.0617 e. The lowest BCUT2D eigenvalue weighted by Crippen LogP contribution is -2.12. The highest BCUT2D eigenvalue weighted by Crippen LogP contribution is 2.41. The van der Waals surface area contributed by atoms with Crippen LogP contribution in [0.2, 0.25) is 0 Å². The molecule has 27 heavy (non-hydrogen) atoms. The smallest absolute Gasteiger partial charge is 0.0287 e. The highest BCUT2D eigenvalue weighted by molar-refractivity contribution is 14.1. The van der Waals surface area contributed by atoms with Gasteiger partial charge >= 0.3 is 0 Å². The third-order valence-corrected chi connectivity index (χ3v) is 6.60. The summed E-state index contributed by atoms with van der Waals surface area (Å²) in [5.74, 6) is 0. The summed E-state index contributed by atoms with van der Waals surface area (Å²) < 4.78 is 1.34. The second-order valence-corrected chi connectivity index (χ2v) is 9.75. The minimum atomic E-state index is 0.0982. The van der Waals surface area contributed by atoms with E-state index in [0.717, 1.165) is 0 Å². The summed E-state index contributed by atoms with van der Waals surface area (Å²) in [5, 5.41) is 0. The van der Waals surface area contributed by atoms with E-state index in [4.69, 9.17) is 0 Å². The van der Waals surface area contributed by atoms with Crippen molar-refractivity contribution in [3.8, 4) is 22.3 Å². The van der Waals surface area contributed by atoms with Gasteiger partial charge in [-0.2, -0.15) is 0 Å². The van der Waals surface area contributed by atoms with Gasteiger partial charge in [-0.25, -0.2) is 0 Å². The molecule has 3 aromatic carbocycles. The van der Waals surface area contributed by atoms with Crippen LogP contribution in [-0.2, 0) is 5.41 Å². The molecule has 3 rings (SSSR count). The van der Waals surface area contributed by atoms with Gasteiger partial charge in [0.15, 0.2) is 0 Å². The van der Waals surface area contributed by atoms with E-state index in [1.54, 1.807) is 0 Å². The molecule has 0 atom stereocenters. The first-order valence-corrected chi connectivity index (χ1v) is 10.7. The Morgan fingerprint density at radius 3 is 1.26 bits per heavy atom. The summed E-state index contributed by atoms with van der Waals surface area (Å²) in [6, 6.07) is 18.0. The number of aryl methyl sites for hydroxylation is 4. The van der Waals surface area contributed by atoms with E-state index in [2.05, 4.69) is 120 Å². The highest BCUT2D eigenvalue weighted by atomic mass is 127. The zero-order chi connectivity index (χ0) is 19.9. The SMILES string of the molecule is Cc1cccc(C)c1-c1cc(C(C)(C)C)cc(-c2c(C)cccc2C)c1I. The van der Waals surface area contributed by atoms with Gasteiger partial charge in [-0.3, -0.25) is 0 Å². The fourth-order valence-corrected chi connectivity index (χ4v) is 4.75.